The Balaban J connectivity index is 1.65. The van der Waals surface area contributed by atoms with E-state index in [-0.39, 0.29) is 5.91 Å². The van der Waals surface area contributed by atoms with Gasteiger partial charge in [-0.25, -0.2) is 4.79 Å². The normalized spacial score (nSPS) is 16.8. The Bertz CT molecular complexity index is 666. The van der Waals surface area contributed by atoms with Gasteiger partial charge in [-0.15, -0.1) is 0 Å². The highest BCUT2D eigenvalue weighted by atomic mass is 16.5. The first-order valence-corrected chi connectivity index (χ1v) is 8.22. The number of likely N-dealkylation sites (tertiary alicyclic amines) is 1. The summed E-state index contributed by atoms with van der Waals surface area (Å²) < 4.78 is 5.36. The fraction of sp³-hybridized carbons (Fsp3) is 0.444. The quantitative estimate of drug-likeness (QED) is 0.885. The van der Waals surface area contributed by atoms with Crippen molar-refractivity contribution in [3.63, 3.8) is 0 Å². The summed E-state index contributed by atoms with van der Waals surface area (Å²) in [7, 11) is 0. The lowest BCUT2D eigenvalue weighted by molar-refractivity contribution is -0.139. The zero-order valence-electron chi connectivity index (χ0n) is 13.4. The SMILES string of the molecule is C[C@H](OC(=O)c1cc2ccccc2[nH]1)C(=O)N1CCCCCC1. The maximum absolute atomic E-state index is 12.4. The van der Waals surface area contributed by atoms with Crippen LogP contribution in [0.25, 0.3) is 10.9 Å². The van der Waals surface area contributed by atoms with Gasteiger partial charge in [-0.05, 0) is 31.9 Å². The Morgan fingerprint density at radius 1 is 1.13 bits per heavy atom. The molecule has 1 aromatic heterocycles. The third-order valence-corrected chi connectivity index (χ3v) is 4.30. The van der Waals surface area contributed by atoms with E-state index in [9.17, 15) is 9.59 Å². The molecule has 0 aliphatic carbocycles. The van der Waals surface area contributed by atoms with Crippen molar-refractivity contribution < 1.29 is 14.3 Å². The summed E-state index contributed by atoms with van der Waals surface area (Å²) in [6, 6.07) is 9.39. The molecule has 2 aromatic rings. The Hall–Kier alpha value is -2.30. The standard InChI is InChI=1S/C18H22N2O3/c1-13(17(21)20-10-6-2-3-7-11-20)23-18(22)16-12-14-8-4-5-9-15(14)19-16/h4-5,8-9,12-13,19H,2-3,6-7,10-11H2,1H3/t13-/m0/s1. The third-order valence-electron chi connectivity index (χ3n) is 4.30. The highest BCUT2D eigenvalue weighted by Crippen LogP contribution is 2.17. The molecule has 1 aliphatic rings. The summed E-state index contributed by atoms with van der Waals surface area (Å²) >= 11 is 0. The minimum Gasteiger partial charge on any atom is -0.448 e. The van der Waals surface area contributed by atoms with Crippen molar-refractivity contribution in [3.8, 4) is 0 Å². The number of carbonyl (C=O) groups excluding carboxylic acids is 2. The number of esters is 1. The summed E-state index contributed by atoms with van der Waals surface area (Å²) in [6.07, 6.45) is 3.61. The van der Waals surface area contributed by atoms with Gasteiger partial charge in [0, 0.05) is 24.0 Å². The second-order valence-corrected chi connectivity index (χ2v) is 6.06. The molecule has 5 nitrogen and oxygen atoms in total. The zero-order chi connectivity index (χ0) is 16.2. The number of para-hydroxylation sites is 1. The van der Waals surface area contributed by atoms with Crippen molar-refractivity contribution in [2.24, 2.45) is 0 Å². The molecule has 2 heterocycles. The van der Waals surface area contributed by atoms with Gasteiger partial charge in [-0.2, -0.15) is 0 Å². The number of ether oxygens (including phenoxy) is 1. The second-order valence-electron chi connectivity index (χ2n) is 6.06. The molecular weight excluding hydrogens is 292 g/mol. The largest absolute Gasteiger partial charge is 0.448 e. The van der Waals surface area contributed by atoms with Crippen LogP contribution in [0, 0.1) is 0 Å². The second kappa shape index (κ2) is 6.86. The van der Waals surface area contributed by atoms with Crippen LogP contribution < -0.4 is 0 Å². The van der Waals surface area contributed by atoms with E-state index in [1.807, 2.05) is 29.2 Å². The number of rotatable bonds is 3. The lowest BCUT2D eigenvalue weighted by Gasteiger charge is -2.23. The van der Waals surface area contributed by atoms with E-state index in [1.165, 1.54) is 0 Å². The number of H-pyrrole nitrogens is 1. The minimum absolute atomic E-state index is 0.101. The molecule has 0 unspecified atom stereocenters. The summed E-state index contributed by atoms with van der Waals surface area (Å²) in [6.45, 7) is 3.16. The van der Waals surface area contributed by atoms with Crippen LogP contribution in [0.5, 0.6) is 0 Å². The predicted molar refractivity (Wildman–Crippen MR) is 88.2 cm³/mol. The molecule has 1 fully saturated rings. The van der Waals surface area contributed by atoms with Gasteiger partial charge in [-0.3, -0.25) is 4.79 Å². The minimum atomic E-state index is -0.757. The molecule has 0 spiro atoms. The van der Waals surface area contributed by atoms with Gasteiger partial charge in [0.2, 0.25) is 0 Å². The van der Waals surface area contributed by atoms with E-state index >= 15 is 0 Å². The van der Waals surface area contributed by atoms with Gasteiger partial charge >= 0.3 is 5.97 Å². The van der Waals surface area contributed by atoms with E-state index in [4.69, 9.17) is 4.74 Å². The summed E-state index contributed by atoms with van der Waals surface area (Å²) in [5.41, 5.74) is 1.26. The van der Waals surface area contributed by atoms with Gasteiger partial charge < -0.3 is 14.6 Å². The van der Waals surface area contributed by atoms with Crippen molar-refractivity contribution >= 4 is 22.8 Å². The van der Waals surface area contributed by atoms with Gasteiger partial charge in [-0.1, -0.05) is 31.0 Å². The smallest absolute Gasteiger partial charge is 0.355 e. The van der Waals surface area contributed by atoms with Crippen LogP contribution in [-0.4, -0.2) is 41.0 Å². The van der Waals surface area contributed by atoms with Crippen molar-refractivity contribution in [2.45, 2.75) is 38.7 Å². The molecule has 1 amide bonds. The number of aromatic amines is 1. The predicted octanol–water partition coefficient (Wildman–Crippen LogP) is 3.12. The molecule has 0 saturated carbocycles. The summed E-state index contributed by atoms with van der Waals surface area (Å²) in [5.74, 6) is -0.590. The van der Waals surface area contributed by atoms with Crippen LogP contribution in [0.1, 0.15) is 43.1 Å². The van der Waals surface area contributed by atoms with E-state index in [0.29, 0.717) is 5.69 Å². The number of carbonyl (C=O) groups is 2. The molecule has 1 N–H and O–H groups in total. The van der Waals surface area contributed by atoms with Gasteiger partial charge in [0.05, 0.1) is 0 Å². The third kappa shape index (κ3) is 3.55. The van der Waals surface area contributed by atoms with Crippen LogP contribution in [0.2, 0.25) is 0 Å². The number of nitrogens with zero attached hydrogens (tertiary/aromatic N) is 1. The monoisotopic (exact) mass is 314 g/mol. The van der Waals surface area contributed by atoms with Gasteiger partial charge in [0.15, 0.2) is 6.10 Å². The van der Waals surface area contributed by atoms with Crippen LogP contribution in [0.4, 0.5) is 0 Å². The topological polar surface area (TPSA) is 62.4 Å². The van der Waals surface area contributed by atoms with Crippen LogP contribution in [-0.2, 0) is 9.53 Å². The van der Waals surface area contributed by atoms with Crippen molar-refractivity contribution in [2.75, 3.05) is 13.1 Å². The van der Waals surface area contributed by atoms with E-state index < -0.39 is 12.1 Å². The van der Waals surface area contributed by atoms with Gasteiger partial charge in [0.25, 0.3) is 5.91 Å². The molecule has 1 aromatic carbocycles. The molecular formula is C18H22N2O3. The maximum Gasteiger partial charge on any atom is 0.355 e. The fourth-order valence-electron chi connectivity index (χ4n) is 3.01. The number of benzene rings is 1. The Morgan fingerprint density at radius 2 is 1.83 bits per heavy atom. The van der Waals surface area contributed by atoms with Crippen LogP contribution in [0.15, 0.2) is 30.3 Å². The molecule has 122 valence electrons. The van der Waals surface area contributed by atoms with Crippen LogP contribution >= 0.6 is 0 Å². The number of amides is 1. The molecule has 1 aliphatic heterocycles. The average molecular weight is 314 g/mol. The van der Waals surface area contributed by atoms with Crippen molar-refractivity contribution in [1.29, 1.82) is 0 Å². The van der Waals surface area contributed by atoms with E-state index in [0.717, 1.165) is 49.7 Å². The number of hydrogen-bond donors (Lipinski definition) is 1. The van der Waals surface area contributed by atoms with Crippen LogP contribution in [0.3, 0.4) is 0 Å². The average Bonchev–Trinajstić information content (AvgIpc) is 2.81. The Kier molecular flexibility index (Phi) is 4.65. The lowest BCUT2D eigenvalue weighted by atomic mass is 10.2. The molecule has 1 atom stereocenters. The fourth-order valence-corrected chi connectivity index (χ4v) is 3.01. The first kappa shape index (κ1) is 15.6. The molecule has 3 rings (SSSR count). The highest BCUT2D eigenvalue weighted by molar-refractivity contribution is 5.96. The molecule has 5 heteroatoms. The Labute approximate surface area is 135 Å². The zero-order valence-corrected chi connectivity index (χ0v) is 13.4. The summed E-state index contributed by atoms with van der Waals surface area (Å²) in [4.78, 5) is 29.5. The lowest BCUT2D eigenvalue weighted by Crippen LogP contribution is -2.40. The maximum atomic E-state index is 12.4. The van der Waals surface area contributed by atoms with Gasteiger partial charge in [0.1, 0.15) is 5.69 Å². The number of fused-ring (bicyclic) bond motifs is 1. The van der Waals surface area contributed by atoms with Crippen molar-refractivity contribution in [1.82, 2.24) is 9.88 Å². The number of aromatic nitrogens is 1. The molecule has 23 heavy (non-hydrogen) atoms. The highest BCUT2D eigenvalue weighted by Gasteiger charge is 2.25. The molecule has 0 radical (unpaired) electrons. The first-order chi connectivity index (χ1) is 11.1. The summed E-state index contributed by atoms with van der Waals surface area (Å²) in [5, 5.41) is 0.950. The van der Waals surface area contributed by atoms with E-state index in [2.05, 4.69) is 4.98 Å². The number of hydrogen-bond acceptors (Lipinski definition) is 3. The Morgan fingerprint density at radius 3 is 2.52 bits per heavy atom. The molecule has 0 bridgehead atoms. The number of nitrogens with one attached hydrogen (secondary N) is 1. The molecule has 1 saturated heterocycles. The van der Waals surface area contributed by atoms with Crippen molar-refractivity contribution in [3.05, 3.63) is 36.0 Å². The first-order valence-electron chi connectivity index (χ1n) is 8.22. The van der Waals surface area contributed by atoms with E-state index in [1.54, 1.807) is 13.0 Å².